The molecule has 0 amide bonds. The Kier molecular flexibility index (Phi) is 5.17. The number of ether oxygens (including phenoxy) is 1. The van der Waals surface area contributed by atoms with Gasteiger partial charge in [-0.05, 0) is 36.4 Å². The van der Waals surface area contributed by atoms with Crippen LogP contribution in [0.4, 0.5) is 4.39 Å². The van der Waals surface area contributed by atoms with Gasteiger partial charge in [-0.25, -0.2) is 4.39 Å². The second kappa shape index (κ2) is 7.09. The van der Waals surface area contributed by atoms with Gasteiger partial charge in [0.1, 0.15) is 11.6 Å². The maximum absolute atomic E-state index is 13.8. The molecule has 0 heterocycles. The van der Waals surface area contributed by atoms with E-state index in [1.54, 1.807) is 49.3 Å². The Hall–Kier alpha value is -2.33. The Bertz CT molecular complexity index is 696. The van der Waals surface area contributed by atoms with Crippen LogP contribution in [0.25, 0.3) is 0 Å². The zero-order chi connectivity index (χ0) is 16.1. The molecule has 2 aromatic carbocycles. The van der Waals surface area contributed by atoms with Gasteiger partial charge in [0.2, 0.25) is 5.78 Å². The van der Waals surface area contributed by atoms with Crippen molar-refractivity contribution in [1.29, 1.82) is 0 Å². The second-order valence-corrected chi connectivity index (χ2v) is 5.26. The summed E-state index contributed by atoms with van der Waals surface area (Å²) >= 11 is 5.82. The Morgan fingerprint density at radius 2 is 1.77 bits per heavy atom. The third kappa shape index (κ3) is 4.09. The molecule has 0 aliphatic heterocycles. The molecular weight excluding hydrogens is 305 g/mol. The van der Waals surface area contributed by atoms with E-state index >= 15 is 0 Å². The lowest BCUT2D eigenvalue weighted by Gasteiger charge is -2.13. The molecule has 0 aliphatic rings. The third-order valence-electron chi connectivity index (χ3n) is 2.76. The maximum atomic E-state index is 13.8. The van der Waals surface area contributed by atoms with E-state index in [1.807, 2.05) is 0 Å². The lowest BCUT2D eigenvalue weighted by molar-refractivity contribution is 0.0978. The van der Waals surface area contributed by atoms with Crippen molar-refractivity contribution in [3.63, 3.8) is 0 Å². The number of nitrogens with zero attached hydrogens (tertiary/aromatic N) is 1. The monoisotopic (exact) mass is 319 g/mol. The van der Waals surface area contributed by atoms with Gasteiger partial charge in [-0.1, -0.05) is 23.7 Å². The number of halogens is 2. The van der Waals surface area contributed by atoms with Crippen LogP contribution in [-0.2, 0) is 0 Å². The summed E-state index contributed by atoms with van der Waals surface area (Å²) in [5.74, 6) is -0.641. The SMILES string of the molecule is CN(C)/C=C(\Oc1ccc(Cl)cc1)C(=O)c1ccccc1F. The van der Waals surface area contributed by atoms with Crippen LogP contribution < -0.4 is 4.74 Å². The molecule has 0 fully saturated rings. The molecule has 0 saturated carbocycles. The fourth-order valence-electron chi connectivity index (χ4n) is 1.77. The number of carbonyl (C=O) groups is 1. The predicted octanol–water partition coefficient (Wildman–Crippen LogP) is 4.14. The lowest BCUT2D eigenvalue weighted by Crippen LogP contribution is -2.15. The molecule has 2 aromatic rings. The summed E-state index contributed by atoms with van der Waals surface area (Å²) in [6, 6.07) is 12.4. The molecule has 22 heavy (non-hydrogen) atoms. The number of Topliss-reactive ketones (excluding diaryl/α,β-unsaturated/α-hetero) is 1. The first-order chi connectivity index (χ1) is 10.5. The molecule has 0 saturated heterocycles. The van der Waals surface area contributed by atoms with Crippen molar-refractivity contribution in [3.05, 3.63) is 76.9 Å². The Morgan fingerprint density at radius 3 is 2.36 bits per heavy atom. The van der Waals surface area contributed by atoms with Crippen molar-refractivity contribution in [1.82, 2.24) is 4.90 Å². The summed E-state index contributed by atoms with van der Waals surface area (Å²) in [4.78, 5) is 14.1. The van der Waals surface area contributed by atoms with Gasteiger partial charge in [-0.15, -0.1) is 0 Å². The van der Waals surface area contributed by atoms with Crippen molar-refractivity contribution < 1.29 is 13.9 Å². The van der Waals surface area contributed by atoms with E-state index in [2.05, 4.69) is 0 Å². The Labute approximate surface area is 133 Å². The minimum Gasteiger partial charge on any atom is -0.452 e. The molecule has 0 unspecified atom stereocenters. The minimum atomic E-state index is -0.586. The molecular formula is C17H15ClFNO2. The van der Waals surface area contributed by atoms with Gasteiger partial charge in [0, 0.05) is 25.3 Å². The van der Waals surface area contributed by atoms with Crippen molar-refractivity contribution in [2.24, 2.45) is 0 Å². The number of allylic oxidation sites excluding steroid dienone is 1. The number of hydrogen-bond acceptors (Lipinski definition) is 3. The topological polar surface area (TPSA) is 29.5 Å². The Morgan fingerprint density at radius 1 is 1.14 bits per heavy atom. The summed E-state index contributed by atoms with van der Waals surface area (Å²) in [7, 11) is 3.50. The normalized spacial score (nSPS) is 11.2. The van der Waals surface area contributed by atoms with Gasteiger partial charge < -0.3 is 9.64 Å². The highest BCUT2D eigenvalue weighted by atomic mass is 35.5. The van der Waals surface area contributed by atoms with E-state index in [0.717, 1.165) is 0 Å². The highest BCUT2D eigenvalue weighted by Gasteiger charge is 2.18. The van der Waals surface area contributed by atoms with Crippen LogP contribution in [0, 0.1) is 5.82 Å². The van der Waals surface area contributed by atoms with Crippen LogP contribution >= 0.6 is 11.6 Å². The van der Waals surface area contributed by atoms with E-state index < -0.39 is 11.6 Å². The van der Waals surface area contributed by atoms with Gasteiger partial charge in [-0.2, -0.15) is 0 Å². The van der Waals surface area contributed by atoms with Crippen LogP contribution in [0.5, 0.6) is 5.75 Å². The summed E-state index contributed by atoms with van der Waals surface area (Å²) in [6.45, 7) is 0. The molecule has 0 aromatic heterocycles. The van der Waals surface area contributed by atoms with Gasteiger partial charge >= 0.3 is 0 Å². The van der Waals surface area contributed by atoms with E-state index in [-0.39, 0.29) is 11.3 Å². The third-order valence-corrected chi connectivity index (χ3v) is 3.01. The summed E-state index contributed by atoms with van der Waals surface area (Å²) in [5, 5.41) is 0.561. The summed E-state index contributed by atoms with van der Waals surface area (Å²) < 4.78 is 19.4. The van der Waals surface area contributed by atoms with Crippen LogP contribution in [0.3, 0.4) is 0 Å². The number of rotatable bonds is 5. The highest BCUT2D eigenvalue weighted by molar-refractivity contribution is 6.30. The Balaban J connectivity index is 2.33. The first-order valence-electron chi connectivity index (χ1n) is 6.58. The van der Waals surface area contributed by atoms with E-state index in [9.17, 15) is 9.18 Å². The molecule has 5 heteroatoms. The first-order valence-corrected chi connectivity index (χ1v) is 6.96. The maximum Gasteiger partial charge on any atom is 0.232 e. The quantitative estimate of drug-likeness (QED) is 0.471. The van der Waals surface area contributed by atoms with Gasteiger partial charge in [0.15, 0.2) is 5.76 Å². The molecule has 0 atom stereocenters. The lowest BCUT2D eigenvalue weighted by atomic mass is 10.1. The number of carbonyl (C=O) groups excluding carboxylic acids is 1. The van der Waals surface area contributed by atoms with Gasteiger partial charge in [0.05, 0.1) is 5.56 Å². The molecule has 0 N–H and O–H groups in total. The predicted molar refractivity (Wildman–Crippen MR) is 84.6 cm³/mol. The van der Waals surface area contributed by atoms with E-state index in [4.69, 9.17) is 16.3 Å². The van der Waals surface area contributed by atoms with Gasteiger partial charge in [0.25, 0.3) is 0 Å². The highest BCUT2D eigenvalue weighted by Crippen LogP contribution is 2.20. The van der Waals surface area contributed by atoms with Crippen molar-refractivity contribution in [2.45, 2.75) is 0 Å². The number of benzene rings is 2. The average Bonchev–Trinajstić information content (AvgIpc) is 2.48. The standard InChI is InChI=1S/C17H15ClFNO2/c1-20(2)11-16(22-13-9-7-12(18)8-10-13)17(21)14-5-3-4-6-15(14)19/h3-11H,1-2H3/b16-11-. The van der Waals surface area contributed by atoms with E-state index in [0.29, 0.717) is 10.8 Å². The smallest absolute Gasteiger partial charge is 0.232 e. The molecule has 0 aliphatic carbocycles. The molecule has 0 bridgehead atoms. The fraction of sp³-hybridized carbons (Fsp3) is 0.118. The summed E-state index contributed by atoms with van der Waals surface area (Å²) in [6.07, 6.45) is 1.50. The average molecular weight is 320 g/mol. The van der Waals surface area contributed by atoms with Crippen LogP contribution in [0.2, 0.25) is 5.02 Å². The molecule has 0 radical (unpaired) electrons. The summed E-state index contributed by atoms with van der Waals surface area (Å²) in [5.41, 5.74) is -0.0374. The number of ketones is 1. The number of hydrogen-bond donors (Lipinski definition) is 0. The fourth-order valence-corrected chi connectivity index (χ4v) is 1.90. The first kappa shape index (κ1) is 16.0. The van der Waals surface area contributed by atoms with Crippen LogP contribution in [0.1, 0.15) is 10.4 Å². The molecule has 0 spiro atoms. The van der Waals surface area contributed by atoms with E-state index in [1.165, 1.54) is 24.4 Å². The van der Waals surface area contributed by atoms with Crippen LogP contribution in [0.15, 0.2) is 60.5 Å². The van der Waals surface area contributed by atoms with Crippen molar-refractivity contribution >= 4 is 17.4 Å². The largest absolute Gasteiger partial charge is 0.452 e. The van der Waals surface area contributed by atoms with Gasteiger partial charge in [-0.3, -0.25) is 4.79 Å². The van der Waals surface area contributed by atoms with Crippen LogP contribution in [-0.4, -0.2) is 24.8 Å². The molecule has 2 rings (SSSR count). The zero-order valence-electron chi connectivity index (χ0n) is 12.2. The van der Waals surface area contributed by atoms with Crippen molar-refractivity contribution in [3.8, 4) is 5.75 Å². The molecule has 3 nitrogen and oxygen atoms in total. The second-order valence-electron chi connectivity index (χ2n) is 4.82. The van der Waals surface area contributed by atoms with Crippen molar-refractivity contribution in [2.75, 3.05) is 14.1 Å². The molecule has 114 valence electrons. The zero-order valence-corrected chi connectivity index (χ0v) is 13.0. The minimum absolute atomic E-state index is 0.0254.